The third-order valence-corrected chi connectivity index (χ3v) is 2.57. The Morgan fingerprint density at radius 3 is 2.68 bits per heavy atom. The molecule has 1 N–H and O–H groups in total. The molecule has 0 aliphatic rings. The third kappa shape index (κ3) is 2.44. The fourth-order valence-electron chi connectivity index (χ4n) is 1.75. The molecule has 0 saturated carbocycles. The van der Waals surface area contributed by atoms with Gasteiger partial charge in [-0.25, -0.2) is 18.3 Å². The van der Waals surface area contributed by atoms with Crippen molar-refractivity contribution in [2.24, 2.45) is 0 Å². The fourth-order valence-corrected chi connectivity index (χ4v) is 1.75. The molecule has 0 aliphatic carbocycles. The Kier molecular flexibility index (Phi) is 3.55. The largest absolute Gasteiger partial charge is 0.476 e. The van der Waals surface area contributed by atoms with Gasteiger partial charge in [0.25, 0.3) is 0 Å². The number of aryl methyl sites for hydroxylation is 1. The molecule has 7 heteroatoms. The molecule has 2 aromatic rings. The molecule has 1 aromatic carbocycles. The van der Waals surface area contributed by atoms with E-state index in [1.807, 2.05) is 6.92 Å². The van der Waals surface area contributed by atoms with Gasteiger partial charge >= 0.3 is 5.97 Å². The van der Waals surface area contributed by atoms with E-state index in [0.717, 1.165) is 12.1 Å². The van der Waals surface area contributed by atoms with Crippen LogP contribution in [0.4, 0.5) is 8.78 Å². The second kappa shape index (κ2) is 5.13. The van der Waals surface area contributed by atoms with Crippen LogP contribution >= 0.6 is 0 Å². The highest BCUT2D eigenvalue weighted by Crippen LogP contribution is 2.24. The second-order valence-electron chi connectivity index (χ2n) is 3.94. The van der Waals surface area contributed by atoms with Crippen LogP contribution in [-0.2, 0) is 6.54 Å². The maximum absolute atomic E-state index is 13.2. The summed E-state index contributed by atoms with van der Waals surface area (Å²) in [5.74, 6) is -3.30. The molecule has 5 nitrogen and oxygen atoms in total. The first-order chi connectivity index (χ1) is 9.04. The van der Waals surface area contributed by atoms with E-state index in [-0.39, 0.29) is 17.0 Å². The lowest BCUT2D eigenvalue weighted by Crippen LogP contribution is -2.05. The molecule has 0 saturated heterocycles. The lowest BCUT2D eigenvalue weighted by Gasteiger charge is -2.06. The first-order valence-corrected chi connectivity index (χ1v) is 5.66. The Morgan fingerprint density at radius 2 is 2.11 bits per heavy atom. The van der Waals surface area contributed by atoms with Crippen LogP contribution in [0.25, 0.3) is 11.3 Å². The monoisotopic (exact) mass is 267 g/mol. The zero-order valence-corrected chi connectivity index (χ0v) is 10.1. The number of hydrogen-bond donors (Lipinski definition) is 1. The van der Waals surface area contributed by atoms with Gasteiger partial charge in [-0.2, -0.15) is 0 Å². The Hall–Kier alpha value is -2.31. The average Bonchev–Trinajstić information content (AvgIpc) is 2.77. The molecule has 0 atom stereocenters. The highest BCUT2D eigenvalue weighted by atomic mass is 19.2. The van der Waals surface area contributed by atoms with Gasteiger partial charge < -0.3 is 5.11 Å². The predicted molar refractivity (Wildman–Crippen MR) is 62.6 cm³/mol. The molecule has 0 spiro atoms. The molecule has 0 aliphatic heterocycles. The van der Waals surface area contributed by atoms with Gasteiger partial charge in [-0.05, 0) is 24.6 Å². The number of nitrogens with zero attached hydrogens (tertiary/aromatic N) is 3. The zero-order valence-electron chi connectivity index (χ0n) is 10.1. The van der Waals surface area contributed by atoms with E-state index in [1.165, 1.54) is 10.7 Å². The third-order valence-electron chi connectivity index (χ3n) is 2.57. The zero-order chi connectivity index (χ0) is 14.0. The highest BCUT2D eigenvalue weighted by molar-refractivity contribution is 5.92. The van der Waals surface area contributed by atoms with Crippen LogP contribution in [0.15, 0.2) is 18.2 Å². The summed E-state index contributed by atoms with van der Waals surface area (Å²) < 4.78 is 27.5. The summed E-state index contributed by atoms with van der Waals surface area (Å²) >= 11 is 0. The van der Waals surface area contributed by atoms with Crippen LogP contribution in [0.2, 0.25) is 0 Å². The smallest absolute Gasteiger partial charge is 0.358 e. The topological polar surface area (TPSA) is 68.0 Å². The van der Waals surface area contributed by atoms with Crippen LogP contribution in [-0.4, -0.2) is 26.1 Å². The predicted octanol–water partition coefficient (Wildman–Crippen LogP) is 2.33. The van der Waals surface area contributed by atoms with Gasteiger partial charge in [-0.3, -0.25) is 0 Å². The minimum Gasteiger partial charge on any atom is -0.476 e. The Balaban J connectivity index is 2.60. The van der Waals surface area contributed by atoms with Crippen molar-refractivity contribution >= 4 is 5.97 Å². The van der Waals surface area contributed by atoms with E-state index >= 15 is 0 Å². The van der Waals surface area contributed by atoms with Crippen molar-refractivity contribution in [3.05, 3.63) is 35.5 Å². The van der Waals surface area contributed by atoms with Crippen molar-refractivity contribution in [3.63, 3.8) is 0 Å². The van der Waals surface area contributed by atoms with Crippen molar-refractivity contribution in [3.8, 4) is 11.3 Å². The van der Waals surface area contributed by atoms with Gasteiger partial charge in [0.2, 0.25) is 0 Å². The van der Waals surface area contributed by atoms with Crippen molar-refractivity contribution in [2.75, 3.05) is 0 Å². The SMILES string of the molecule is CCCn1nnc(C(=O)O)c1-c1ccc(F)c(F)c1. The number of aromatic nitrogens is 3. The molecule has 0 radical (unpaired) electrons. The molecule has 0 unspecified atom stereocenters. The van der Waals surface area contributed by atoms with Crippen LogP contribution in [0.1, 0.15) is 23.8 Å². The molecule has 0 fully saturated rings. The quantitative estimate of drug-likeness (QED) is 0.923. The maximum atomic E-state index is 13.2. The van der Waals surface area contributed by atoms with Gasteiger partial charge in [0.1, 0.15) is 5.69 Å². The number of rotatable bonds is 4. The van der Waals surface area contributed by atoms with Crippen LogP contribution in [0.3, 0.4) is 0 Å². The van der Waals surface area contributed by atoms with E-state index in [1.54, 1.807) is 0 Å². The summed E-state index contributed by atoms with van der Waals surface area (Å²) in [6.45, 7) is 2.33. The van der Waals surface area contributed by atoms with Crippen LogP contribution in [0, 0.1) is 11.6 Å². The first-order valence-electron chi connectivity index (χ1n) is 5.66. The summed E-state index contributed by atoms with van der Waals surface area (Å²) in [5.41, 5.74) is 0.127. The molecular formula is C12H11F2N3O2. The van der Waals surface area contributed by atoms with Gasteiger partial charge in [-0.15, -0.1) is 5.10 Å². The van der Waals surface area contributed by atoms with Gasteiger partial charge in [0.15, 0.2) is 17.3 Å². The first kappa shape index (κ1) is 13.1. The maximum Gasteiger partial charge on any atom is 0.358 e. The van der Waals surface area contributed by atoms with E-state index in [0.29, 0.717) is 13.0 Å². The van der Waals surface area contributed by atoms with Crippen molar-refractivity contribution in [1.82, 2.24) is 15.0 Å². The van der Waals surface area contributed by atoms with Gasteiger partial charge in [-0.1, -0.05) is 12.1 Å². The average molecular weight is 267 g/mol. The summed E-state index contributed by atoms with van der Waals surface area (Å²) in [6, 6.07) is 3.18. The molecule has 1 aromatic heterocycles. The van der Waals surface area contributed by atoms with E-state index in [4.69, 9.17) is 5.11 Å². The van der Waals surface area contributed by atoms with Gasteiger partial charge in [0, 0.05) is 12.1 Å². The fraction of sp³-hybridized carbons (Fsp3) is 0.250. The number of aromatic carboxylic acids is 1. The molecule has 2 rings (SSSR count). The minimum absolute atomic E-state index is 0.174. The summed E-state index contributed by atoms with van der Waals surface area (Å²) in [5, 5.41) is 16.3. The Morgan fingerprint density at radius 1 is 1.37 bits per heavy atom. The Labute approximate surface area is 107 Å². The molecule has 0 amide bonds. The molecule has 19 heavy (non-hydrogen) atoms. The van der Waals surface area contributed by atoms with Crippen molar-refractivity contribution in [2.45, 2.75) is 19.9 Å². The normalized spacial score (nSPS) is 10.7. The summed E-state index contributed by atoms with van der Waals surface area (Å²) in [4.78, 5) is 11.1. The van der Waals surface area contributed by atoms with Crippen LogP contribution in [0.5, 0.6) is 0 Å². The number of carboxylic acid groups (broad SMARTS) is 1. The highest BCUT2D eigenvalue weighted by Gasteiger charge is 2.21. The standard InChI is InChI=1S/C12H11F2N3O2/c1-2-5-17-11(10(12(18)19)15-16-17)7-3-4-8(13)9(14)6-7/h3-4,6H,2,5H2,1H3,(H,18,19). The van der Waals surface area contributed by atoms with E-state index < -0.39 is 17.6 Å². The number of hydrogen-bond acceptors (Lipinski definition) is 3. The van der Waals surface area contributed by atoms with E-state index in [2.05, 4.69) is 10.3 Å². The number of carboxylic acids is 1. The van der Waals surface area contributed by atoms with Gasteiger partial charge in [0.05, 0.1) is 0 Å². The van der Waals surface area contributed by atoms with Crippen LogP contribution < -0.4 is 0 Å². The molecule has 100 valence electrons. The lowest BCUT2D eigenvalue weighted by atomic mass is 10.1. The number of carbonyl (C=O) groups is 1. The minimum atomic E-state index is -1.26. The lowest BCUT2D eigenvalue weighted by molar-refractivity contribution is 0.0691. The van der Waals surface area contributed by atoms with Crippen molar-refractivity contribution in [1.29, 1.82) is 0 Å². The number of halogens is 2. The summed E-state index contributed by atoms with van der Waals surface area (Å²) in [7, 11) is 0. The Bertz CT molecular complexity index is 625. The molecule has 0 bridgehead atoms. The number of benzene rings is 1. The van der Waals surface area contributed by atoms with E-state index in [9.17, 15) is 13.6 Å². The molecular weight excluding hydrogens is 256 g/mol. The van der Waals surface area contributed by atoms with Crippen molar-refractivity contribution < 1.29 is 18.7 Å². The molecule has 1 heterocycles. The second-order valence-corrected chi connectivity index (χ2v) is 3.94. The summed E-state index contributed by atoms with van der Waals surface area (Å²) in [6.07, 6.45) is 0.707.